The first kappa shape index (κ1) is 20.5. The summed E-state index contributed by atoms with van der Waals surface area (Å²) < 4.78 is 5.45. The van der Waals surface area contributed by atoms with Crippen molar-refractivity contribution in [2.45, 2.75) is 57.4 Å². The van der Waals surface area contributed by atoms with Crippen LogP contribution in [-0.2, 0) is 4.79 Å². The molecule has 1 aromatic carbocycles. The number of urea groups is 1. The molecule has 0 aromatic heterocycles. The molecule has 0 spiro atoms. The lowest BCUT2D eigenvalue weighted by Gasteiger charge is -2.34. The fourth-order valence-corrected chi connectivity index (χ4v) is 4.07. The number of rotatable bonds is 7. The Morgan fingerprint density at radius 1 is 1.00 bits per heavy atom. The summed E-state index contributed by atoms with van der Waals surface area (Å²) >= 11 is 0. The number of likely N-dealkylation sites (tertiary alicyclic amines) is 1. The predicted octanol–water partition coefficient (Wildman–Crippen LogP) is 3.33. The van der Waals surface area contributed by atoms with Crippen molar-refractivity contribution in [3.05, 3.63) is 30.3 Å². The van der Waals surface area contributed by atoms with Crippen molar-refractivity contribution in [2.75, 3.05) is 26.2 Å². The summed E-state index contributed by atoms with van der Waals surface area (Å²) in [4.78, 5) is 26.3. The summed E-state index contributed by atoms with van der Waals surface area (Å²) in [5, 5.41) is 6.14. The number of benzene rings is 1. The number of hydrogen-bond acceptors (Lipinski definition) is 3. The lowest BCUT2D eigenvalue weighted by molar-refractivity contribution is -0.123. The number of ether oxygens (including phenoxy) is 1. The van der Waals surface area contributed by atoms with Gasteiger partial charge in [0.15, 0.2) is 6.61 Å². The minimum Gasteiger partial charge on any atom is -0.484 e. The second-order valence-corrected chi connectivity index (χ2v) is 7.96. The molecule has 0 atom stereocenters. The first-order valence-electron chi connectivity index (χ1n) is 10.7. The first-order chi connectivity index (χ1) is 13.7. The summed E-state index contributed by atoms with van der Waals surface area (Å²) in [7, 11) is 0. The lowest BCUT2D eigenvalue weighted by Crippen LogP contribution is -2.48. The maximum absolute atomic E-state index is 12.4. The van der Waals surface area contributed by atoms with E-state index in [0.29, 0.717) is 24.3 Å². The Hall–Kier alpha value is -2.24. The van der Waals surface area contributed by atoms with Gasteiger partial charge >= 0.3 is 6.03 Å². The van der Waals surface area contributed by atoms with Crippen molar-refractivity contribution >= 4 is 11.9 Å². The van der Waals surface area contributed by atoms with Gasteiger partial charge in [0.25, 0.3) is 5.91 Å². The molecule has 2 N–H and O–H groups in total. The average Bonchev–Trinajstić information content (AvgIpc) is 2.74. The van der Waals surface area contributed by atoms with Crippen LogP contribution in [0.25, 0.3) is 0 Å². The Kier molecular flexibility index (Phi) is 8.00. The average molecular weight is 388 g/mol. The monoisotopic (exact) mass is 387 g/mol. The van der Waals surface area contributed by atoms with E-state index < -0.39 is 0 Å². The third kappa shape index (κ3) is 6.73. The molecule has 1 aliphatic carbocycles. The van der Waals surface area contributed by atoms with Gasteiger partial charge in [-0.05, 0) is 50.2 Å². The Balaban J connectivity index is 1.26. The van der Waals surface area contributed by atoms with E-state index >= 15 is 0 Å². The van der Waals surface area contributed by atoms with E-state index in [9.17, 15) is 9.59 Å². The standard InChI is InChI=1S/C22H33N3O3/c26-21(17-28-20-9-5-2-6-10-20)23-14-11-18-12-15-25(16-13-18)22(27)24-19-7-3-1-4-8-19/h2,5-6,9-10,18-19H,1,3-4,7-8,11-17H2,(H,23,26)(H,24,27). The molecular weight excluding hydrogens is 354 g/mol. The van der Waals surface area contributed by atoms with Crippen molar-refractivity contribution in [1.82, 2.24) is 15.5 Å². The molecule has 3 amide bonds. The molecule has 2 fully saturated rings. The highest BCUT2D eigenvalue weighted by molar-refractivity contribution is 5.77. The SMILES string of the molecule is O=C(COc1ccccc1)NCCC1CCN(C(=O)NC2CCCCC2)CC1. The van der Waals surface area contributed by atoms with Crippen LogP contribution in [0.1, 0.15) is 51.4 Å². The van der Waals surface area contributed by atoms with Crippen LogP contribution >= 0.6 is 0 Å². The van der Waals surface area contributed by atoms with E-state index in [-0.39, 0.29) is 18.5 Å². The topological polar surface area (TPSA) is 70.7 Å². The number of nitrogens with zero attached hydrogens (tertiary/aromatic N) is 1. The second kappa shape index (κ2) is 10.9. The number of hydrogen-bond donors (Lipinski definition) is 2. The molecule has 0 radical (unpaired) electrons. The van der Waals surface area contributed by atoms with Gasteiger partial charge in [0.05, 0.1) is 0 Å². The van der Waals surface area contributed by atoms with E-state index in [1.54, 1.807) is 0 Å². The number of carbonyl (C=O) groups is 2. The Morgan fingerprint density at radius 2 is 1.71 bits per heavy atom. The highest BCUT2D eigenvalue weighted by Gasteiger charge is 2.24. The summed E-state index contributed by atoms with van der Waals surface area (Å²) in [6, 6.07) is 9.84. The van der Waals surface area contributed by atoms with Crippen molar-refractivity contribution in [3.8, 4) is 5.75 Å². The van der Waals surface area contributed by atoms with Crippen LogP contribution in [0.5, 0.6) is 5.75 Å². The zero-order chi connectivity index (χ0) is 19.6. The predicted molar refractivity (Wildman–Crippen MR) is 109 cm³/mol. The first-order valence-corrected chi connectivity index (χ1v) is 10.7. The smallest absolute Gasteiger partial charge is 0.317 e. The van der Waals surface area contributed by atoms with Gasteiger partial charge in [0, 0.05) is 25.7 Å². The van der Waals surface area contributed by atoms with Gasteiger partial charge < -0.3 is 20.3 Å². The van der Waals surface area contributed by atoms with Crippen LogP contribution < -0.4 is 15.4 Å². The Morgan fingerprint density at radius 3 is 2.43 bits per heavy atom. The Bertz CT molecular complexity index is 609. The molecule has 1 saturated heterocycles. The molecule has 0 bridgehead atoms. The van der Waals surface area contributed by atoms with E-state index in [4.69, 9.17) is 4.74 Å². The molecule has 6 heteroatoms. The van der Waals surface area contributed by atoms with E-state index in [1.807, 2.05) is 35.2 Å². The van der Waals surface area contributed by atoms with Crippen LogP contribution in [0.3, 0.4) is 0 Å². The van der Waals surface area contributed by atoms with Gasteiger partial charge in [-0.2, -0.15) is 0 Å². The van der Waals surface area contributed by atoms with E-state index in [2.05, 4.69) is 10.6 Å². The Labute approximate surface area is 168 Å². The third-order valence-electron chi connectivity index (χ3n) is 5.82. The normalized spacial score (nSPS) is 18.5. The number of piperidine rings is 1. The van der Waals surface area contributed by atoms with Crippen LogP contribution in [0.2, 0.25) is 0 Å². The largest absolute Gasteiger partial charge is 0.484 e. The highest BCUT2D eigenvalue weighted by Crippen LogP contribution is 2.21. The lowest BCUT2D eigenvalue weighted by atomic mass is 9.93. The number of amides is 3. The fourth-order valence-electron chi connectivity index (χ4n) is 4.07. The van der Waals surface area contributed by atoms with Crippen molar-refractivity contribution < 1.29 is 14.3 Å². The van der Waals surface area contributed by atoms with E-state index in [1.165, 1.54) is 19.3 Å². The molecule has 2 aliphatic rings. The van der Waals surface area contributed by atoms with Crippen LogP contribution in [-0.4, -0.2) is 49.1 Å². The summed E-state index contributed by atoms with van der Waals surface area (Å²) in [6.07, 6.45) is 8.97. The minimum absolute atomic E-state index is 0.0454. The zero-order valence-corrected chi connectivity index (χ0v) is 16.7. The van der Waals surface area contributed by atoms with Crippen LogP contribution in [0, 0.1) is 5.92 Å². The zero-order valence-electron chi connectivity index (χ0n) is 16.7. The quantitative estimate of drug-likeness (QED) is 0.754. The van der Waals surface area contributed by atoms with E-state index in [0.717, 1.165) is 45.2 Å². The summed E-state index contributed by atoms with van der Waals surface area (Å²) in [5.74, 6) is 1.18. The molecule has 1 heterocycles. The molecular formula is C22H33N3O3. The second-order valence-electron chi connectivity index (χ2n) is 7.96. The van der Waals surface area contributed by atoms with Gasteiger partial charge in [0.1, 0.15) is 5.75 Å². The summed E-state index contributed by atoms with van der Waals surface area (Å²) in [5.41, 5.74) is 0. The number of nitrogens with one attached hydrogen (secondary N) is 2. The summed E-state index contributed by atoms with van der Waals surface area (Å²) in [6.45, 7) is 2.34. The van der Waals surface area contributed by atoms with Gasteiger partial charge in [-0.3, -0.25) is 4.79 Å². The van der Waals surface area contributed by atoms with Gasteiger partial charge in [-0.25, -0.2) is 4.79 Å². The minimum atomic E-state index is -0.0897. The van der Waals surface area contributed by atoms with Crippen LogP contribution in [0.4, 0.5) is 4.79 Å². The molecule has 1 aliphatic heterocycles. The van der Waals surface area contributed by atoms with Crippen LogP contribution in [0.15, 0.2) is 30.3 Å². The van der Waals surface area contributed by atoms with Gasteiger partial charge in [0.2, 0.25) is 0 Å². The molecule has 6 nitrogen and oxygen atoms in total. The van der Waals surface area contributed by atoms with Crippen molar-refractivity contribution in [3.63, 3.8) is 0 Å². The van der Waals surface area contributed by atoms with Gasteiger partial charge in [-0.15, -0.1) is 0 Å². The fraction of sp³-hybridized carbons (Fsp3) is 0.636. The molecule has 154 valence electrons. The highest BCUT2D eigenvalue weighted by atomic mass is 16.5. The molecule has 3 rings (SSSR count). The molecule has 1 saturated carbocycles. The van der Waals surface area contributed by atoms with Gasteiger partial charge in [-0.1, -0.05) is 37.5 Å². The molecule has 1 aromatic rings. The number of para-hydroxylation sites is 1. The maximum atomic E-state index is 12.4. The van der Waals surface area contributed by atoms with Crippen molar-refractivity contribution in [1.29, 1.82) is 0 Å². The third-order valence-corrected chi connectivity index (χ3v) is 5.82. The maximum Gasteiger partial charge on any atom is 0.317 e. The molecule has 28 heavy (non-hydrogen) atoms. The molecule has 0 unspecified atom stereocenters. The van der Waals surface area contributed by atoms with Crippen molar-refractivity contribution in [2.24, 2.45) is 5.92 Å². The number of carbonyl (C=O) groups excluding carboxylic acids is 2.